The van der Waals surface area contributed by atoms with Crippen molar-refractivity contribution >= 4 is 5.91 Å². The molecule has 0 radical (unpaired) electrons. The number of carbonyl (C=O) groups is 1. The summed E-state index contributed by atoms with van der Waals surface area (Å²) in [6, 6.07) is 0. The maximum atomic E-state index is 11.5. The van der Waals surface area contributed by atoms with Crippen LogP contribution in [-0.2, 0) is 4.79 Å². The molecule has 3 atom stereocenters. The van der Waals surface area contributed by atoms with Crippen LogP contribution in [0.25, 0.3) is 0 Å². The SMILES string of the molecule is CCCCCCCCCCCCCCC/C=C/CCCC1NC=C[N+]1(CC)C(C)NC(C)=O. The van der Waals surface area contributed by atoms with Crippen molar-refractivity contribution in [1.29, 1.82) is 0 Å². The van der Waals surface area contributed by atoms with Crippen molar-refractivity contribution in [3.05, 3.63) is 24.6 Å². The highest BCUT2D eigenvalue weighted by molar-refractivity contribution is 5.72. The molecule has 3 unspecified atom stereocenters. The standard InChI is InChI=1S/C29H55N3O/c1-5-7-8-9-10-11-12-13-14-15-16-17-18-19-20-21-22-23-24-29-30-25-26-32(29,6-2)27(3)31-28(4)33/h20-21,25-27,29-30H,5-19,22-24H2,1-4H3/p+1/b21-20+. The first kappa shape index (κ1) is 29.7. The number of amides is 1. The van der Waals surface area contributed by atoms with Crippen molar-refractivity contribution in [2.75, 3.05) is 6.54 Å². The Morgan fingerprint density at radius 1 is 0.879 bits per heavy atom. The summed E-state index contributed by atoms with van der Waals surface area (Å²) in [5.74, 6) is 0.0450. The van der Waals surface area contributed by atoms with Crippen LogP contribution < -0.4 is 10.6 Å². The lowest BCUT2D eigenvalue weighted by atomic mass is 10.0. The lowest BCUT2D eigenvalue weighted by Crippen LogP contribution is -2.62. The van der Waals surface area contributed by atoms with Crippen LogP contribution in [0.1, 0.15) is 137 Å². The van der Waals surface area contributed by atoms with E-state index in [-0.39, 0.29) is 12.1 Å². The first-order valence-corrected chi connectivity index (χ1v) is 14.3. The number of nitrogens with one attached hydrogen (secondary N) is 2. The predicted molar refractivity (Wildman–Crippen MR) is 143 cm³/mol. The van der Waals surface area contributed by atoms with E-state index < -0.39 is 0 Å². The van der Waals surface area contributed by atoms with Crippen molar-refractivity contribution in [3.63, 3.8) is 0 Å². The summed E-state index contributed by atoms with van der Waals surface area (Å²) in [6.07, 6.45) is 32.6. The Hall–Kier alpha value is -1.29. The van der Waals surface area contributed by atoms with E-state index in [1.807, 2.05) is 0 Å². The molecule has 192 valence electrons. The average Bonchev–Trinajstić information content (AvgIpc) is 3.22. The summed E-state index contributed by atoms with van der Waals surface area (Å²) in [5, 5.41) is 6.62. The number of rotatable bonds is 21. The number of unbranched alkanes of at least 4 members (excludes halogenated alkanes) is 14. The second-order valence-corrected chi connectivity index (χ2v) is 10.1. The van der Waals surface area contributed by atoms with Crippen LogP contribution in [0.15, 0.2) is 24.6 Å². The van der Waals surface area contributed by atoms with Crippen LogP contribution in [0.5, 0.6) is 0 Å². The molecule has 1 aliphatic heterocycles. The summed E-state index contributed by atoms with van der Waals surface area (Å²) in [7, 11) is 0. The molecule has 0 aliphatic carbocycles. The molecule has 2 N–H and O–H groups in total. The van der Waals surface area contributed by atoms with Gasteiger partial charge in [0, 0.05) is 20.3 Å². The third-order valence-electron chi connectivity index (χ3n) is 7.39. The molecule has 0 aromatic heterocycles. The Balaban J connectivity index is 1.99. The van der Waals surface area contributed by atoms with E-state index in [0.717, 1.165) is 23.9 Å². The predicted octanol–water partition coefficient (Wildman–Crippen LogP) is 7.91. The summed E-state index contributed by atoms with van der Waals surface area (Å²) in [6.45, 7) is 9.19. The van der Waals surface area contributed by atoms with Crippen LogP contribution in [0.3, 0.4) is 0 Å². The van der Waals surface area contributed by atoms with Gasteiger partial charge in [-0.1, -0.05) is 96.1 Å². The lowest BCUT2D eigenvalue weighted by molar-refractivity contribution is -0.923. The second-order valence-electron chi connectivity index (χ2n) is 10.1. The first-order chi connectivity index (χ1) is 16.1. The van der Waals surface area contributed by atoms with Gasteiger partial charge < -0.3 is 10.6 Å². The second kappa shape index (κ2) is 19.1. The van der Waals surface area contributed by atoms with Gasteiger partial charge in [0.2, 0.25) is 5.91 Å². The van der Waals surface area contributed by atoms with E-state index in [2.05, 4.69) is 56.0 Å². The fourth-order valence-electron chi connectivity index (χ4n) is 5.22. The topological polar surface area (TPSA) is 41.1 Å². The minimum absolute atomic E-state index is 0.0450. The largest absolute Gasteiger partial charge is 0.338 e. The zero-order valence-corrected chi connectivity index (χ0v) is 22.5. The smallest absolute Gasteiger partial charge is 0.221 e. The molecule has 1 aliphatic rings. The molecule has 0 fully saturated rings. The minimum atomic E-state index is 0.0450. The lowest BCUT2D eigenvalue weighted by Gasteiger charge is -2.41. The molecule has 1 heterocycles. The Kier molecular flexibility index (Phi) is 17.2. The Labute approximate surface area is 206 Å². The number of hydrogen-bond donors (Lipinski definition) is 2. The van der Waals surface area contributed by atoms with E-state index in [9.17, 15) is 4.79 Å². The van der Waals surface area contributed by atoms with Gasteiger partial charge in [0.05, 0.1) is 12.7 Å². The molecule has 1 amide bonds. The van der Waals surface area contributed by atoms with Gasteiger partial charge in [-0.3, -0.25) is 9.28 Å². The molecule has 0 aromatic carbocycles. The highest BCUT2D eigenvalue weighted by atomic mass is 16.1. The fraction of sp³-hybridized carbons (Fsp3) is 0.828. The molecule has 0 saturated carbocycles. The molecule has 0 bridgehead atoms. The van der Waals surface area contributed by atoms with Crippen molar-refractivity contribution < 1.29 is 9.28 Å². The number of allylic oxidation sites excluding steroid dienone is 2. The zero-order valence-electron chi connectivity index (χ0n) is 22.5. The number of nitrogens with zero attached hydrogens (tertiary/aromatic N) is 1. The van der Waals surface area contributed by atoms with Crippen LogP contribution in [0.2, 0.25) is 0 Å². The molecule has 0 aromatic rings. The van der Waals surface area contributed by atoms with Crippen molar-refractivity contribution in [2.45, 2.75) is 149 Å². The van der Waals surface area contributed by atoms with Gasteiger partial charge in [0.1, 0.15) is 6.20 Å². The summed E-state index contributed by atoms with van der Waals surface area (Å²) < 4.78 is 0.794. The molecule has 1 rings (SSSR count). The minimum Gasteiger partial charge on any atom is -0.338 e. The van der Waals surface area contributed by atoms with Gasteiger partial charge >= 0.3 is 0 Å². The Morgan fingerprint density at radius 3 is 1.91 bits per heavy atom. The highest BCUT2D eigenvalue weighted by Gasteiger charge is 2.41. The third kappa shape index (κ3) is 12.7. The maximum Gasteiger partial charge on any atom is 0.221 e. The third-order valence-corrected chi connectivity index (χ3v) is 7.39. The van der Waals surface area contributed by atoms with Gasteiger partial charge in [-0.15, -0.1) is 0 Å². The van der Waals surface area contributed by atoms with E-state index >= 15 is 0 Å². The molecule has 0 saturated heterocycles. The van der Waals surface area contributed by atoms with Crippen LogP contribution in [-0.4, -0.2) is 29.3 Å². The molecular weight excluding hydrogens is 406 g/mol. The molecular formula is C29H56N3O+. The van der Waals surface area contributed by atoms with Crippen molar-refractivity contribution in [2.24, 2.45) is 0 Å². The van der Waals surface area contributed by atoms with Crippen LogP contribution in [0.4, 0.5) is 0 Å². The van der Waals surface area contributed by atoms with Gasteiger partial charge in [0.15, 0.2) is 12.3 Å². The fourth-order valence-corrected chi connectivity index (χ4v) is 5.22. The number of quaternary nitrogens is 1. The first-order valence-electron chi connectivity index (χ1n) is 14.3. The van der Waals surface area contributed by atoms with E-state index in [1.165, 1.54) is 96.3 Å². The van der Waals surface area contributed by atoms with Crippen LogP contribution in [0, 0.1) is 0 Å². The van der Waals surface area contributed by atoms with Crippen molar-refractivity contribution in [3.8, 4) is 0 Å². The highest BCUT2D eigenvalue weighted by Crippen LogP contribution is 2.25. The van der Waals surface area contributed by atoms with E-state index in [4.69, 9.17) is 0 Å². The molecule has 4 heteroatoms. The van der Waals surface area contributed by atoms with Gasteiger partial charge in [-0.05, 0) is 32.6 Å². The average molecular weight is 463 g/mol. The van der Waals surface area contributed by atoms with Gasteiger partial charge in [-0.2, -0.15) is 0 Å². The molecule has 4 nitrogen and oxygen atoms in total. The monoisotopic (exact) mass is 462 g/mol. The Morgan fingerprint density at radius 2 is 1.39 bits per heavy atom. The van der Waals surface area contributed by atoms with Gasteiger partial charge in [0.25, 0.3) is 0 Å². The van der Waals surface area contributed by atoms with E-state index in [0.29, 0.717) is 6.17 Å². The van der Waals surface area contributed by atoms with Crippen LogP contribution >= 0.6 is 0 Å². The van der Waals surface area contributed by atoms with Gasteiger partial charge in [-0.25, -0.2) is 0 Å². The zero-order chi connectivity index (χ0) is 24.2. The van der Waals surface area contributed by atoms with Crippen molar-refractivity contribution in [1.82, 2.24) is 10.6 Å². The quantitative estimate of drug-likeness (QED) is 0.103. The normalized spacial score (nSPS) is 20.9. The Bertz CT molecular complexity index is 545. The summed E-state index contributed by atoms with van der Waals surface area (Å²) in [5.41, 5.74) is 0. The maximum absolute atomic E-state index is 11.5. The summed E-state index contributed by atoms with van der Waals surface area (Å²) in [4.78, 5) is 11.5. The number of hydrogen-bond acceptors (Lipinski definition) is 2. The molecule has 0 spiro atoms. The number of carbonyl (C=O) groups excluding carboxylic acids is 1. The summed E-state index contributed by atoms with van der Waals surface area (Å²) >= 11 is 0. The molecule has 33 heavy (non-hydrogen) atoms. The van der Waals surface area contributed by atoms with E-state index in [1.54, 1.807) is 6.92 Å².